The Kier molecular flexibility index (Phi) is 2.99. The van der Waals surface area contributed by atoms with Crippen LogP contribution in [0.15, 0.2) is 36.9 Å². The van der Waals surface area contributed by atoms with Gasteiger partial charge in [0, 0.05) is 18.6 Å². The minimum atomic E-state index is 0.720. The number of hydrogen-bond donors (Lipinski definition) is 1. The smallest absolute Gasteiger partial charge is 0.138 e. The molecule has 1 rings (SSSR count). The van der Waals surface area contributed by atoms with Crippen LogP contribution in [-0.4, -0.2) is 17.1 Å². The minimum Gasteiger partial charge on any atom is -0.495 e. The minimum absolute atomic E-state index is 0.720. The molecule has 1 aromatic heterocycles. The quantitative estimate of drug-likeness (QED) is 0.659. The second-order valence-corrected chi connectivity index (χ2v) is 1.89. The third kappa shape index (κ3) is 2.71. The predicted molar refractivity (Wildman–Crippen MR) is 42.8 cm³/mol. The highest BCUT2D eigenvalue weighted by atomic mass is 16.5. The maximum atomic E-state index is 4.98. The lowest BCUT2D eigenvalue weighted by Crippen LogP contribution is -1.78. The van der Waals surface area contributed by atoms with Crippen molar-refractivity contribution in [1.82, 2.24) is 9.97 Å². The van der Waals surface area contributed by atoms with E-state index in [-0.39, 0.29) is 0 Å². The molecule has 11 heavy (non-hydrogen) atoms. The summed E-state index contributed by atoms with van der Waals surface area (Å²) in [4.78, 5) is 6.87. The Morgan fingerprint density at radius 3 is 3.18 bits per heavy atom. The zero-order chi connectivity index (χ0) is 7.94. The third-order valence-corrected chi connectivity index (χ3v) is 1.15. The van der Waals surface area contributed by atoms with E-state index in [1.54, 1.807) is 44.0 Å². The van der Waals surface area contributed by atoms with Crippen LogP contribution in [0.1, 0.15) is 0 Å². The molecule has 0 unspecified atom stereocenters. The first-order chi connectivity index (χ1) is 5.43. The Morgan fingerprint density at radius 2 is 2.36 bits per heavy atom. The van der Waals surface area contributed by atoms with Crippen LogP contribution in [0.2, 0.25) is 0 Å². The van der Waals surface area contributed by atoms with Crippen LogP contribution < -0.4 is 4.74 Å². The Morgan fingerprint density at radius 1 is 1.45 bits per heavy atom. The Hall–Kier alpha value is -1.51. The maximum absolute atomic E-state index is 4.98. The summed E-state index contributed by atoms with van der Waals surface area (Å²) in [5.74, 6) is 0.720. The van der Waals surface area contributed by atoms with Gasteiger partial charge >= 0.3 is 0 Å². The SMILES string of the molecule is COc1cc[nH]cccnc1. The first-order valence-corrected chi connectivity index (χ1v) is 3.28. The van der Waals surface area contributed by atoms with Crippen molar-refractivity contribution in [3.8, 4) is 5.75 Å². The van der Waals surface area contributed by atoms with E-state index in [2.05, 4.69) is 9.97 Å². The van der Waals surface area contributed by atoms with E-state index < -0.39 is 0 Å². The van der Waals surface area contributed by atoms with Crippen molar-refractivity contribution in [2.75, 3.05) is 7.11 Å². The lowest BCUT2D eigenvalue weighted by Gasteiger charge is -1.90. The molecular weight excluding hydrogens is 140 g/mol. The summed E-state index contributed by atoms with van der Waals surface area (Å²) in [6, 6.07) is 3.60. The molecule has 0 aliphatic heterocycles. The van der Waals surface area contributed by atoms with Crippen LogP contribution >= 0.6 is 0 Å². The molecule has 3 nitrogen and oxygen atoms in total. The summed E-state index contributed by atoms with van der Waals surface area (Å²) in [7, 11) is 1.61. The number of ether oxygens (including phenoxy) is 1. The monoisotopic (exact) mass is 150 g/mol. The number of methoxy groups -OCH3 is 1. The molecule has 0 aliphatic carbocycles. The van der Waals surface area contributed by atoms with Gasteiger partial charge in [-0.05, 0) is 12.1 Å². The largest absolute Gasteiger partial charge is 0.495 e. The average molecular weight is 150 g/mol. The van der Waals surface area contributed by atoms with E-state index in [1.807, 2.05) is 0 Å². The van der Waals surface area contributed by atoms with Gasteiger partial charge in [0.1, 0.15) is 5.75 Å². The summed E-state index contributed by atoms with van der Waals surface area (Å²) in [5, 5.41) is 0. The van der Waals surface area contributed by atoms with Crippen LogP contribution in [0, 0.1) is 0 Å². The van der Waals surface area contributed by atoms with Gasteiger partial charge in [-0.3, -0.25) is 4.98 Å². The van der Waals surface area contributed by atoms with Gasteiger partial charge in [-0.2, -0.15) is 0 Å². The molecule has 0 saturated heterocycles. The van der Waals surface area contributed by atoms with Crippen LogP contribution in [0.4, 0.5) is 0 Å². The first kappa shape index (κ1) is 7.60. The van der Waals surface area contributed by atoms with E-state index in [1.165, 1.54) is 0 Å². The van der Waals surface area contributed by atoms with Crippen molar-refractivity contribution in [3.05, 3.63) is 36.9 Å². The van der Waals surface area contributed by atoms with Crippen molar-refractivity contribution < 1.29 is 4.74 Å². The molecule has 0 spiro atoms. The molecule has 0 radical (unpaired) electrons. The van der Waals surface area contributed by atoms with Gasteiger partial charge in [-0.25, -0.2) is 0 Å². The van der Waals surface area contributed by atoms with E-state index in [9.17, 15) is 0 Å². The third-order valence-electron chi connectivity index (χ3n) is 1.15. The van der Waals surface area contributed by atoms with Crippen LogP contribution in [0.3, 0.4) is 0 Å². The van der Waals surface area contributed by atoms with Crippen LogP contribution in [0.5, 0.6) is 5.75 Å². The lowest BCUT2D eigenvalue weighted by atomic mass is 10.5. The highest BCUT2D eigenvalue weighted by Gasteiger charge is 1.79. The van der Waals surface area contributed by atoms with E-state index in [0.29, 0.717) is 0 Å². The first-order valence-electron chi connectivity index (χ1n) is 3.28. The van der Waals surface area contributed by atoms with Crippen molar-refractivity contribution in [2.24, 2.45) is 0 Å². The number of aromatic nitrogens is 2. The Labute approximate surface area is 65.4 Å². The molecule has 1 heterocycles. The molecule has 3 heteroatoms. The second-order valence-electron chi connectivity index (χ2n) is 1.89. The molecule has 0 amide bonds. The molecule has 0 fully saturated rings. The number of rotatable bonds is 1. The molecule has 0 bridgehead atoms. The van der Waals surface area contributed by atoms with E-state index in [4.69, 9.17) is 4.74 Å². The number of hydrogen-bond acceptors (Lipinski definition) is 2. The molecule has 58 valence electrons. The van der Waals surface area contributed by atoms with Gasteiger partial charge in [0.15, 0.2) is 0 Å². The summed E-state index contributed by atoms with van der Waals surface area (Å²) in [6.45, 7) is 0. The molecule has 1 aromatic rings. The van der Waals surface area contributed by atoms with Gasteiger partial charge in [-0.1, -0.05) is 0 Å². The highest BCUT2D eigenvalue weighted by Crippen LogP contribution is 2.00. The summed E-state index contributed by atoms with van der Waals surface area (Å²) < 4.78 is 4.98. The van der Waals surface area contributed by atoms with Crippen LogP contribution in [0.25, 0.3) is 0 Å². The number of nitrogens with zero attached hydrogens (tertiary/aromatic N) is 1. The molecule has 0 saturated carbocycles. The summed E-state index contributed by atoms with van der Waals surface area (Å²) >= 11 is 0. The van der Waals surface area contributed by atoms with Gasteiger partial charge < -0.3 is 9.72 Å². The van der Waals surface area contributed by atoms with Crippen molar-refractivity contribution >= 4 is 0 Å². The fraction of sp³-hybridized carbons (Fsp3) is 0.125. The zero-order valence-corrected chi connectivity index (χ0v) is 6.32. The summed E-state index contributed by atoms with van der Waals surface area (Å²) in [6.07, 6.45) is 6.89. The number of H-pyrrole nitrogens is 1. The van der Waals surface area contributed by atoms with Crippen LogP contribution in [-0.2, 0) is 0 Å². The van der Waals surface area contributed by atoms with Crippen molar-refractivity contribution in [1.29, 1.82) is 0 Å². The molecular formula is C8H10N2O. The summed E-state index contributed by atoms with van der Waals surface area (Å²) in [5.41, 5.74) is 0. The average Bonchev–Trinajstić information content (AvgIpc) is 2.16. The standard InChI is InChI=1S/C8H10N2O/c1-11-8-3-6-9-4-2-5-10-7-8/h2-7,9H,1H3. The topological polar surface area (TPSA) is 37.9 Å². The second kappa shape index (κ2) is 4.33. The number of aromatic amines is 1. The molecule has 0 atom stereocenters. The van der Waals surface area contributed by atoms with Gasteiger partial charge in [0.25, 0.3) is 0 Å². The fourth-order valence-electron chi connectivity index (χ4n) is 0.614. The highest BCUT2D eigenvalue weighted by molar-refractivity contribution is 5.11. The van der Waals surface area contributed by atoms with Gasteiger partial charge in [0.2, 0.25) is 0 Å². The Balaban J connectivity index is 3.07. The zero-order valence-electron chi connectivity index (χ0n) is 6.32. The van der Waals surface area contributed by atoms with E-state index >= 15 is 0 Å². The molecule has 0 aromatic carbocycles. The van der Waals surface area contributed by atoms with E-state index in [0.717, 1.165) is 5.75 Å². The lowest BCUT2D eigenvalue weighted by molar-refractivity contribution is 0.413. The molecule has 1 N–H and O–H groups in total. The normalized spacial score (nSPS) is 8.45. The molecule has 0 aliphatic rings. The Bertz CT molecular complexity index is 232. The fourth-order valence-corrected chi connectivity index (χ4v) is 0.614. The van der Waals surface area contributed by atoms with Crippen molar-refractivity contribution in [3.63, 3.8) is 0 Å². The predicted octanol–water partition coefficient (Wildman–Crippen LogP) is 1.54. The maximum Gasteiger partial charge on any atom is 0.138 e. The van der Waals surface area contributed by atoms with Gasteiger partial charge in [0.05, 0.1) is 13.3 Å². The van der Waals surface area contributed by atoms with Crippen molar-refractivity contribution in [2.45, 2.75) is 0 Å². The number of nitrogens with one attached hydrogen (secondary N) is 1. The van der Waals surface area contributed by atoms with Gasteiger partial charge in [-0.15, -0.1) is 0 Å².